The standard InChI is InChI=1S/C25H25ClFN3O4S/c1-3-34-25(32)30-10-9-18-21(14-30)35-24(28-13-15-5-4-6-17(27)11-15)22(18)23(31)29-19-12-16(26)7-8-20(19)33-2/h4-8,11-12,28H,3,9-10,13-14H2,1-2H3,(H,29,31). The third-order valence-electron chi connectivity index (χ3n) is 5.56. The number of fused-ring (bicyclic) bond motifs is 1. The van der Waals surface area contributed by atoms with Gasteiger partial charge >= 0.3 is 6.09 Å². The van der Waals surface area contributed by atoms with Crippen molar-refractivity contribution in [1.82, 2.24) is 4.90 Å². The normalized spacial score (nSPS) is 12.6. The Bertz CT molecular complexity index is 1250. The molecule has 1 aromatic heterocycles. The minimum Gasteiger partial charge on any atom is -0.495 e. The molecule has 2 amide bonds. The van der Waals surface area contributed by atoms with E-state index in [9.17, 15) is 14.0 Å². The third kappa shape index (κ3) is 5.68. The van der Waals surface area contributed by atoms with Gasteiger partial charge in [-0.1, -0.05) is 23.7 Å². The van der Waals surface area contributed by atoms with Crippen LogP contribution >= 0.6 is 22.9 Å². The minimum absolute atomic E-state index is 0.294. The molecule has 2 aromatic carbocycles. The first-order valence-electron chi connectivity index (χ1n) is 11.1. The second-order valence-corrected chi connectivity index (χ2v) is 9.40. The van der Waals surface area contributed by atoms with E-state index >= 15 is 0 Å². The molecule has 0 unspecified atom stereocenters. The first-order valence-corrected chi connectivity index (χ1v) is 12.3. The van der Waals surface area contributed by atoms with Gasteiger partial charge in [0.15, 0.2) is 0 Å². The Kier molecular flexibility index (Phi) is 7.77. The zero-order chi connectivity index (χ0) is 24.9. The molecular weight excluding hydrogens is 493 g/mol. The van der Waals surface area contributed by atoms with Crippen molar-refractivity contribution in [3.63, 3.8) is 0 Å². The van der Waals surface area contributed by atoms with Gasteiger partial charge in [0.1, 0.15) is 16.6 Å². The van der Waals surface area contributed by atoms with Crippen molar-refractivity contribution in [1.29, 1.82) is 0 Å². The number of hydrogen-bond acceptors (Lipinski definition) is 6. The Hall–Kier alpha value is -3.30. The highest BCUT2D eigenvalue weighted by atomic mass is 35.5. The van der Waals surface area contributed by atoms with Crippen LogP contribution in [0.5, 0.6) is 5.75 Å². The van der Waals surface area contributed by atoms with Gasteiger partial charge in [-0.2, -0.15) is 0 Å². The van der Waals surface area contributed by atoms with E-state index in [1.807, 2.05) is 6.07 Å². The van der Waals surface area contributed by atoms with Crippen LogP contribution in [0.2, 0.25) is 5.02 Å². The lowest BCUT2D eigenvalue weighted by molar-refractivity contribution is 0.102. The molecular formula is C25H25ClFN3O4S. The van der Waals surface area contributed by atoms with Gasteiger partial charge in [0.25, 0.3) is 5.91 Å². The molecule has 0 aliphatic carbocycles. The van der Waals surface area contributed by atoms with Crippen LogP contribution in [0.1, 0.15) is 33.3 Å². The van der Waals surface area contributed by atoms with Crippen LogP contribution in [-0.4, -0.2) is 37.2 Å². The van der Waals surface area contributed by atoms with Gasteiger partial charge in [-0.3, -0.25) is 4.79 Å². The average molecular weight is 518 g/mol. The lowest BCUT2D eigenvalue weighted by atomic mass is 10.0. The summed E-state index contributed by atoms with van der Waals surface area (Å²) in [5.74, 6) is -0.171. The molecule has 1 aliphatic rings. The highest BCUT2D eigenvalue weighted by molar-refractivity contribution is 7.16. The predicted molar refractivity (Wildman–Crippen MR) is 135 cm³/mol. The number of halogens is 2. The molecule has 10 heteroatoms. The van der Waals surface area contributed by atoms with E-state index < -0.39 is 0 Å². The van der Waals surface area contributed by atoms with Gasteiger partial charge in [0.2, 0.25) is 0 Å². The molecule has 7 nitrogen and oxygen atoms in total. The fourth-order valence-electron chi connectivity index (χ4n) is 3.93. The molecule has 35 heavy (non-hydrogen) atoms. The summed E-state index contributed by atoms with van der Waals surface area (Å²) < 4.78 is 24.2. The number of thiophene rings is 1. The van der Waals surface area contributed by atoms with E-state index in [1.165, 1.54) is 30.6 Å². The summed E-state index contributed by atoms with van der Waals surface area (Å²) in [5, 5.41) is 7.30. The van der Waals surface area contributed by atoms with Gasteiger partial charge in [-0.15, -0.1) is 11.3 Å². The van der Waals surface area contributed by atoms with Gasteiger partial charge < -0.3 is 25.0 Å². The van der Waals surface area contributed by atoms with Gasteiger partial charge in [0.05, 0.1) is 31.5 Å². The molecule has 0 fully saturated rings. The largest absolute Gasteiger partial charge is 0.495 e. The van der Waals surface area contributed by atoms with Crippen molar-refractivity contribution >= 4 is 45.6 Å². The molecule has 184 valence electrons. The van der Waals surface area contributed by atoms with Crippen molar-refractivity contribution in [3.05, 3.63) is 74.9 Å². The number of rotatable bonds is 7. The maximum atomic E-state index is 13.7. The van der Waals surface area contributed by atoms with E-state index in [1.54, 1.807) is 36.1 Å². The number of nitrogens with zero attached hydrogens (tertiary/aromatic N) is 1. The summed E-state index contributed by atoms with van der Waals surface area (Å²) in [6, 6.07) is 11.3. The van der Waals surface area contributed by atoms with Crippen LogP contribution in [0.3, 0.4) is 0 Å². The number of carbonyl (C=O) groups is 2. The van der Waals surface area contributed by atoms with Crippen molar-refractivity contribution < 1.29 is 23.5 Å². The topological polar surface area (TPSA) is 79.9 Å². The third-order valence-corrected chi connectivity index (χ3v) is 6.97. The highest BCUT2D eigenvalue weighted by Gasteiger charge is 2.30. The highest BCUT2D eigenvalue weighted by Crippen LogP contribution is 2.39. The summed E-state index contributed by atoms with van der Waals surface area (Å²) >= 11 is 7.54. The lowest BCUT2D eigenvalue weighted by Crippen LogP contribution is -2.36. The molecule has 2 heterocycles. The molecule has 0 spiro atoms. The van der Waals surface area contributed by atoms with E-state index in [0.29, 0.717) is 59.7 Å². The number of benzene rings is 2. The summed E-state index contributed by atoms with van der Waals surface area (Å²) in [7, 11) is 1.52. The van der Waals surface area contributed by atoms with Crippen LogP contribution in [0.15, 0.2) is 42.5 Å². The Labute approximate surface area is 211 Å². The zero-order valence-corrected chi connectivity index (χ0v) is 20.9. The molecule has 0 atom stereocenters. The van der Waals surface area contributed by atoms with Crippen LogP contribution < -0.4 is 15.4 Å². The molecule has 0 bridgehead atoms. The first-order chi connectivity index (χ1) is 16.9. The lowest BCUT2D eigenvalue weighted by Gasteiger charge is -2.26. The van der Waals surface area contributed by atoms with E-state index in [4.69, 9.17) is 21.1 Å². The monoisotopic (exact) mass is 517 g/mol. The van der Waals surface area contributed by atoms with Crippen LogP contribution in [0, 0.1) is 5.82 Å². The number of methoxy groups -OCH3 is 1. The molecule has 4 rings (SSSR count). The molecule has 1 aliphatic heterocycles. The summed E-state index contributed by atoms with van der Waals surface area (Å²) in [5.41, 5.74) is 2.56. The fraction of sp³-hybridized carbons (Fsp3) is 0.280. The van der Waals surface area contributed by atoms with Crippen LogP contribution in [0.4, 0.5) is 19.9 Å². The van der Waals surface area contributed by atoms with E-state index in [0.717, 1.165) is 16.0 Å². The van der Waals surface area contributed by atoms with Gasteiger partial charge in [0, 0.05) is 23.0 Å². The van der Waals surface area contributed by atoms with E-state index in [2.05, 4.69) is 10.6 Å². The van der Waals surface area contributed by atoms with Crippen molar-refractivity contribution in [2.75, 3.05) is 30.9 Å². The summed E-state index contributed by atoms with van der Waals surface area (Å²) in [6.45, 7) is 3.18. The van der Waals surface area contributed by atoms with Gasteiger partial charge in [-0.05, 0) is 54.8 Å². The van der Waals surface area contributed by atoms with E-state index in [-0.39, 0.29) is 17.8 Å². The maximum Gasteiger partial charge on any atom is 0.410 e. The number of amides is 2. The molecule has 3 aromatic rings. The second kappa shape index (κ2) is 11.0. The molecule has 0 radical (unpaired) electrons. The fourth-order valence-corrected chi connectivity index (χ4v) is 5.36. The molecule has 2 N–H and O–H groups in total. The Balaban J connectivity index is 1.65. The maximum absolute atomic E-state index is 13.7. The Morgan fingerprint density at radius 2 is 2.06 bits per heavy atom. The predicted octanol–water partition coefficient (Wildman–Crippen LogP) is 5.93. The Morgan fingerprint density at radius 3 is 2.80 bits per heavy atom. The number of ether oxygens (including phenoxy) is 2. The van der Waals surface area contributed by atoms with Crippen LogP contribution in [0.25, 0.3) is 0 Å². The number of carbonyl (C=O) groups excluding carboxylic acids is 2. The number of anilines is 2. The number of hydrogen-bond donors (Lipinski definition) is 2. The second-order valence-electron chi connectivity index (χ2n) is 7.86. The molecule has 0 saturated carbocycles. The van der Waals surface area contributed by atoms with Crippen molar-refractivity contribution in [3.8, 4) is 5.75 Å². The smallest absolute Gasteiger partial charge is 0.410 e. The first kappa shape index (κ1) is 24.8. The minimum atomic E-state index is -0.379. The van der Waals surface area contributed by atoms with Crippen molar-refractivity contribution in [2.24, 2.45) is 0 Å². The van der Waals surface area contributed by atoms with Crippen LogP contribution in [-0.2, 0) is 24.2 Å². The van der Waals surface area contributed by atoms with Gasteiger partial charge in [-0.25, -0.2) is 9.18 Å². The zero-order valence-electron chi connectivity index (χ0n) is 19.3. The number of nitrogens with one attached hydrogen (secondary N) is 2. The summed E-state index contributed by atoms with van der Waals surface area (Å²) in [4.78, 5) is 28.3. The van der Waals surface area contributed by atoms with Crippen molar-refractivity contribution in [2.45, 2.75) is 26.4 Å². The average Bonchev–Trinajstić information content (AvgIpc) is 3.21. The summed E-state index contributed by atoms with van der Waals surface area (Å²) in [6.07, 6.45) is 0.123. The molecule has 0 saturated heterocycles. The Morgan fingerprint density at radius 1 is 1.23 bits per heavy atom. The SMILES string of the molecule is CCOC(=O)N1CCc2c(sc(NCc3cccc(F)c3)c2C(=O)Nc2cc(Cl)ccc2OC)C1. The quantitative estimate of drug-likeness (QED) is 0.406.